The van der Waals surface area contributed by atoms with Gasteiger partial charge in [0, 0.05) is 12.2 Å². The minimum atomic E-state index is 0.852. The van der Waals surface area contributed by atoms with Crippen molar-refractivity contribution in [2.45, 2.75) is 25.7 Å². The maximum absolute atomic E-state index is 3.64. The van der Waals surface area contributed by atoms with Crippen LogP contribution < -0.4 is 5.32 Å². The van der Waals surface area contributed by atoms with E-state index in [2.05, 4.69) is 168 Å². The fourth-order valence-corrected chi connectivity index (χ4v) is 9.97. The number of allylic oxidation sites excluding steroid dienone is 10. The van der Waals surface area contributed by atoms with Crippen molar-refractivity contribution in [1.82, 2.24) is 10.3 Å². The highest BCUT2D eigenvalue weighted by Crippen LogP contribution is 2.51. The van der Waals surface area contributed by atoms with E-state index in [9.17, 15) is 0 Å². The van der Waals surface area contributed by atoms with Crippen LogP contribution in [0.5, 0.6) is 0 Å². The number of rotatable bonds is 5. The summed E-state index contributed by atoms with van der Waals surface area (Å²) in [5.41, 5.74) is 23.5. The van der Waals surface area contributed by atoms with Crippen molar-refractivity contribution in [3.05, 3.63) is 186 Å². The average molecular weight is 703 g/mol. The lowest BCUT2D eigenvalue weighted by Gasteiger charge is -2.16. The van der Waals surface area contributed by atoms with Gasteiger partial charge in [0.1, 0.15) is 0 Å². The van der Waals surface area contributed by atoms with Crippen molar-refractivity contribution in [2.24, 2.45) is 0 Å². The molecule has 1 aromatic heterocycles. The van der Waals surface area contributed by atoms with Crippen molar-refractivity contribution in [2.75, 3.05) is 6.54 Å². The van der Waals surface area contributed by atoms with Crippen LogP contribution in [-0.2, 0) is 0 Å². The molecule has 260 valence electrons. The Morgan fingerprint density at radius 1 is 0.436 bits per heavy atom. The van der Waals surface area contributed by atoms with E-state index in [0.29, 0.717) is 0 Å². The molecule has 0 atom stereocenters. The monoisotopic (exact) mass is 702 g/mol. The summed E-state index contributed by atoms with van der Waals surface area (Å²) in [6.45, 7) is 0.852. The topological polar surface area (TPSA) is 27.8 Å². The number of dihydropyridines is 1. The predicted molar refractivity (Wildman–Crippen MR) is 233 cm³/mol. The van der Waals surface area contributed by atoms with E-state index in [-0.39, 0.29) is 0 Å². The van der Waals surface area contributed by atoms with Gasteiger partial charge in [-0.15, -0.1) is 0 Å². The van der Waals surface area contributed by atoms with E-state index in [1.807, 2.05) is 0 Å². The fraction of sp³-hybridized carbons (Fsp3) is 0.0943. The molecule has 55 heavy (non-hydrogen) atoms. The number of hydrogen-bond acceptors (Lipinski definition) is 1. The third kappa shape index (κ3) is 4.68. The molecular weight excluding hydrogens is 665 g/mol. The van der Waals surface area contributed by atoms with E-state index in [1.54, 1.807) is 0 Å². The molecule has 1 aliphatic heterocycles. The number of fused-ring (bicyclic) bond motifs is 4. The number of hydrogen-bond donors (Lipinski definition) is 2. The average Bonchev–Trinajstić information content (AvgIpc) is 3.97. The highest BCUT2D eigenvalue weighted by Gasteiger charge is 2.27. The Bertz CT molecular complexity index is 2860. The van der Waals surface area contributed by atoms with Gasteiger partial charge < -0.3 is 10.3 Å². The molecule has 0 amide bonds. The normalized spacial score (nSPS) is 16.3. The number of nitrogens with one attached hydrogen (secondary N) is 2. The second-order valence-corrected chi connectivity index (χ2v) is 15.5. The summed E-state index contributed by atoms with van der Waals surface area (Å²) in [7, 11) is 0. The predicted octanol–water partition coefficient (Wildman–Crippen LogP) is 13.6. The maximum Gasteiger partial charge on any atom is 0.0621 e. The van der Waals surface area contributed by atoms with Gasteiger partial charge in [-0.2, -0.15) is 0 Å². The Morgan fingerprint density at radius 2 is 1.00 bits per heavy atom. The molecule has 0 unspecified atom stereocenters. The smallest absolute Gasteiger partial charge is 0.0621 e. The summed E-state index contributed by atoms with van der Waals surface area (Å²) in [6, 6.07) is 44.1. The molecule has 0 spiro atoms. The zero-order valence-corrected chi connectivity index (χ0v) is 30.5. The number of aromatic nitrogens is 1. The Balaban J connectivity index is 1.02. The van der Waals surface area contributed by atoms with Crippen molar-refractivity contribution < 1.29 is 0 Å². The zero-order chi connectivity index (χ0) is 36.0. The number of benzene rings is 6. The summed E-state index contributed by atoms with van der Waals surface area (Å²) in [5.74, 6) is 0. The first kappa shape index (κ1) is 30.8. The summed E-state index contributed by atoms with van der Waals surface area (Å²) < 4.78 is 0. The molecule has 2 heterocycles. The molecule has 2 N–H and O–H groups in total. The van der Waals surface area contributed by atoms with Gasteiger partial charge in [-0.25, -0.2) is 0 Å². The first-order valence-corrected chi connectivity index (χ1v) is 19.8. The van der Waals surface area contributed by atoms with Crippen LogP contribution in [0.25, 0.3) is 94.2 Å². The summed E-state index contributed by atoms with van der Waals surface area (Å²) >= 11 is 0. The molecule has 6 aromatic carbocycles. The lowest BCUT2D eigenvalue weighted by Crippen LogP contribution is -2.14. The Morgan fingerprint density at radius 3 is 1.60 bits per heavy atom. The molecule has 0 saturated heterocycles. The van der Waals surface area contributed by atoms with Gasteiger partial charge in [-0.3, -0.25) is 0 Å². The first-order valence-electron chi connectivity index (χ1n) is 19.8. The van der Waals surface area contributed by atoms with Crippen molar-refractivity contribution in [3.8, 4) is 44.6 Å². The van der Waals surface area contributed by atoms with Gasteiger partial charge in [-0.1, -0.05) is 121 Å². The molecule has 0 fully saturated rings. The SMILES string of the molecule is C1=CCNC(c2ccc(-c3ccc(-c4cc(-c5ccc6c7c(cccc57)C5=C6CCC=C5)cc(-c5ccc6c7c(cccc57)C5=C6CCC=C5)c4)cc3)[nH]2)=C1. The van der Waals surface area contributed by atoms with Crippen molar-refractivity contribution >= 4 is 49.5 Å². The second kappa shape index (κ2) is 11.9. The van der Waals surface area contributed by atoms with Gasteiger partial charge in [0.15, 0.2) is 0 Å². The van der Waals surface area contributed by atoms with E-state index >= 15 is 0 Å². The molecule has 12 rings (SSSR count). The lowest BCUT2D eigenvalue weighted by molar-refractivity contribution is 0.986. The number of aromatic amines is 1. The molecule has 2 nitrogen and oxygen atoms in total. The fourth-order valence-electron chi connectivity index (χ4n) is 9.97. The van der Waals surface area contributed by atoms with Crippen LogP contribution in [-0.4, -0.2) is 11.5 Å². The van der Waals surface area contributed by atoms with Gasteiger partial charge in [-0.05, 0) is 167 Å². The van der Waals surface area contributed by atoms with Crippen LogP contribution in [0.1, 0.15) is 53.6 Å². The van der Waals surface area contributed by atoms with Crippen LogP contribution in [0.3, 0.4) is 0 Å². The minimum absolute atomic E-state index is 0.852. The number of H-pyrrole nitrogens is 1. The third-order valence-electron chi connectivity index (χ3n) is 12.5. The molecular formula is C53H38N2. The van der Waals surface area contributed by atoms with Crippen LogP contribution in [0.15, 0.2) is 158 Å². The quantitative estimate of drug-likeness (QED) is 0.184. The van der Waals surface area contributed by atoms with Crippen LogP contribution in [0, 0.1) is 0 Å². The largest absolute Gasteiger partial charge is 0.380 e. The van der Waals surface area contributed by atoms with Crippen LogP contribution in [0.4, 0.5) is 0 Å². The maximum atomic E-state index is 3.64. The highest BCUT2D eigenvalue weighted by molar-refractivity contribution is 6.20. The van der Waals surface area contributed by atoms with Gasteiger partial charge >= 0.3 is 0 Å². The van der Waals surface area contributed by atoms with Crippen molar-refractivity contribution in [1.29, 1.82) is 0 Å². The van der Waals surface area contributed by atoms with Crippen molar-refractivity contribution in [3.63, 3.8) is 0 Å². The van der Waals surface area contributed by atoms with Gasteiger partial charge in [0.05, 0.1) is 11.4 Å². The highest BCUT2D eigenvalue weighted by atomic mass is 14.9. The third-order valence-corrected chi connectivity index (χ3v) is 12.5. The molecule has 0 radical (unpaired) electrons. The lowest BCUT2D eigenvalue weighted by atomic mass is 9.87. The Hall–Kier alpha value is -6.64. The van der Waals surface area contributed by atoms with Gasteiger partial charge in [0.2, 0.25) is 0 Å². The van der Waals surface area contributed by atoms with Crippen LogP contribution >= 0.6 is 0 Å². The van der Waals surface area contributed by atoms with E-state index in [0.717, 1.165) is 49.3 Å². The molecule has 4 aliphatic carbocycles. The Kier molecular flexibility index (Phi) is 6.68. The first-order chi connectivity index (χ1) is 27.3. The van der Waals surface area contributed by atoms with E-state index < -0.39 is 0 Å². The molecule has 0 saturated carbocycles. The van der Waals surface area contributed by atoms with E-state index in [1.165, 1.54) is 105 Å². The summed E-state index contributed by atoms with van der Waals surface area (Å²) in [6.07, 6.45) is 20.2. The molecule has 7 aromatic rings. The molecule has 0 bridgehead atoms. The molecule has 2 heteroatoms. The van der Waals surface area contributed by atoms with Crippen LogP contribution in [0.2, 0.25) is 0 Å². The summed E-state index contributed by atoms with van der Waals surface area (Å²) in [5, 5.41) is 8.95. The minimum Gasteiger partial charge on any atom is -0.380 e. The summed E-state index contributed by atoms with van der Waals surface area (Å²) in [4.78, 5) is 3.64. The zero-order valence-electron chi connectivity index (χ0n) is 30.5. The van der Waals surface area contributed by atoms with E-state index in [4.69, 9.17) is 0 Å². The standard InChI is InChI=1S/C53H38N2/c1-3-11-41-39(9-1)45-15-7-13-43-37(22-24-47(41)52(43)45)35-29-34(32-18-20-33(21-19-32)49-26-27-51(55-49)50-17-5-6-28-54-50)30-36(31-35)38-23-25-48-42-12-4-2-10-40(42)46-16-8-14-44(38)53(46)48/h1-2,5-10,13-27,29-31,54-55H,3-4,11-12,28H2. The molecule has 5 aliphatic rings. The Labute approximate surface area is 321 Å². The second-order valence-electron chi connectivity index (χ2n) is 15.5. The van der Waals surface area contributed by atoms with Gasteiger partial charge in [0.25, 0.3) is 0 Å².